The topological polar surface area (TPSA) is 87.2 Å². The second kappa shape index (κ2) is 5.73. The smallest absolute Gasteiger partial charge is 0.410 e. The molecule has 2 aliphatic heterocycles. The van der Waals surface area contributed by atoms with Crippen molar-refractivity contribution in [1.82, 2.24) is 9.80 Å². The standard InChI is InChI=1S/C13H24N2O5S/c1-13(2,3)20-12(17)15-5-4-14(6-7-16)10-8-21(18,19)9-11(10)15/h10-11,16H,4-9H2,1-3H3/t10-,11-/m0/s1. The lowest BCUT2D eigenvalue weighted by Crippen LogP contribution is -2.61. The Kier molecular flexibility index (Phi) is 4.51. The molecule has 0 aromatic rings. The molecule has 1 amide bonds. The Hall–Kier alpha value is -0.860. The van der Waals surface area contributed by atoms with E-state index in [9.17, 15) is 13.2 Å². The van der Waals surface area contributed by atoms with E-state index in [0.29, 0.717) is 19.6 Å². The number of hydrogen-bond donors (Lipinski definition) is 1. The Bertz CT molecular complexity index is 499. The molecule has 122 valence electrons. The lowest BCUT2D eigenvalue weighted by Gasteiger charge is -2.43. The third kappa shape index (κ3) is 3.87. The third-order valence-electron chi connectivity index (χ3n) is 3.81. The van der Waals surface area contributed by atoms with Crippen LogP contribution < -0.4 is 0 Å². The Labute approximate surface area is 125 Å². The molecule has 1 N–H and O–H groups in total. The minimum atomic E-state index is -3.16. The maximum atomic E-state index is 12.3. The maximum absolute atomic E-state index is 12.3. The van der Waals surface area contributed by atoms with Crippen molar-refractivity contribution in [2.24, 2.45) is 0 Å². The molecular weight excluding hydrogens is 296 g/mol. The van der Waals surface area contributed by atoms with Gasteiger partial charge in [0.05, 0.1) is 24.2 Å². The van der Waals surface area contributed by atoms with E-state index < -0.39 is 21.5 Å². The zero-order chi connectivity index (χ0) is 15.8. The van der Waals surface area contributed by atoms with Crippen LogP contribution in [0.5, 0.6) is 0 Å². The van der Waals surface area contributed by atoms with Crippen LogP contribution in [0.2, 0.25) is 0 Å². The van der Waals surface area contributed by atoms with Crippen molar-refractivity contribution >= 4 is 15.9 Å². The average Bonchev–Trinajstić information content (AvgIpc) is 2.62. The van der Waals surface area contributed by atoms with Gasteiger partial charge in [0.1, 0.15) is 5.60 Å². The fraction of sp³-hybridized carbons (Fsp3) is 0.923. The predicted octanol–water partition coefficient (Wildman–Crippen LogP) is -0.303. The van der Waals surface area contributed by atoms with Gasteiger partial charge in [-0.3, -0.25) is 4.90 Å². The van der Waals surface area contributed by atoms with E-state index in [-0.39, 0.29) is 30.2 Å². The van der Waals surface area contributed by atoms with Gasteiger partial charge in [-0.2, -0.15) is 0 Å². The van der Waals surface area contributed by atoms with Crippen LogP contribution >= 0.6 is 0 Å². The molecule has 0 aliphatic carbocycles. The SMILES string of the molecule is CC(C)(C)OC(=O)N1CCN(CCO)[C@H]2CS(=O)(=O)C[C@@H]21. The summed E-state index contributed by atoms with van der Waals surface area (Å²) < 4.78 is 29.2. The van der Waals surface area contributed by atoms with Gasteiger partial charge >= 0.3 is 6.09 Å². The van der Waals surface area contributed by atoms with E-state index >= 15 is 0 Å². The Morgan fingerprint density at radius 3 is 2.43 bits per heavy atom. The summed E-state index contributed by atoms with van der Waals surface area (Å²) in [5.74, 6) is 0.00972. The van der Waals surface area contributed by atoms with Crippen molar-refractivity contribution in [1.29, 1.82) is 0 Å². The minimum Gasteiger partial charge on any atom is -0.444 e. The molecule has 0 spiro atoms. The number of aliphatic hydroxyl groups is 1. The van der Waals surface area contributed by atoms with E-state index in [1.54, 1.807) is 20.8 Å². The fourth-order valence-corrected chi connectivity index (χ4v) is 4.99. The molecule has 2 atom stereocenters. The van der Waals surface area contributed by atoms with Gasteiger partial charge in [0.2, 0.25) is 0 Å². The minimum absolute atomic E-state index is 0.0181. The maximum Gasteiger partial charge on any atom is 0.410 e. The van der Waals surface area contributed by atoms with Crippen molar-refractivity contribution in [3.8, 4) is 0 Å². The molecule has 2 heterocycles. The predicted molar refractivity (Wildman–Crippen MR) is 77.8 cm³/mol. The number of rotatable bonds is 2. The molecule has 2 saturated heterocycles. The number of hydrogen-bond acceptors (Lipinski definition) is 6. The van der Waals surface area contributed by atoms with E-state index in [2.05, 4.69) is 0 Å². The Morgan fingerprint density at radius 2 is 1.86 bits per heavy atom. The molecule has 2 fully saturated rings. The van der Waals surface area contributed by atoms with E-state index in [1.807, 2.05) is 4.90 Å². The van der Waals surface area contributed by atoms with Crippen LogP contribution in [0.1, 0.15) is 20.8 Å². The van der Waals surface area contributed by atoms with Crippen LogP contribution in [0.4, 0.5) is 4.79 Å². The highest BCUT2D eigenvalue weighted by Gasteiger charge is 2.48. The molecule has 0 saturated carbocycles. The third-order valence-corrected chi connectivity index (χ3v) is 5.51. The first-order valence-electron chi connectivity index (χ1n) is 7.18. The first kappa shape index (κ1) is 16.5. The first-order chi connectivity index (χ1) is 9.63. The molecule has 0 aromatic heterocycles. The number of aliphatic hydroxyl groups excluding tert-OH is 1. The molecular formula is C13H24N2O5S. The van der Waals surface area contributed by atoms with Gasteiger partial charge in [0.25, 0.3) is 0 Å². The van der Waals surface area contributed by atoms with Crippen molar-refractivity contribution in [2.75, 3.05) is 37.7 Å². The summed E-state index contributed by atoms with van der Waals surface area (Å²) in [5.41, 5.74) is -0.605. The summed E-state index contributed by atoms with van der Waals surface area (Å²) in [6.45, 7) is 6.75. The zero-order valence-corrected chi connectivity index (χ0v) is 13.6. The quantitative estimate of drug-likeness (QED) is 0.751. The number of amides is 1. The number of β-amino-alcohol motifs (C(OH)–C–C–N with tert-alkyl or cyclic N) is 1. The van der Waals surface area contributed by atoms with E-state index in [0.717, 1.165) is 0 Å². The Morgan fingerprint density at radius 1 is 1.24 bits per heavy atom. The average molecular weight is 320 g/mol. The van der Waals surface area contributed by atoms with Crippen molar-refractivity contribution in [2.45, 2.75) is 38.5 Å². The van der Waals surface area contributed by atoms with Crippen molar-refractivity contribution in [3.05, 3.63) is 0 Å². The molecule has 0 aromatic carbocycles. The number of carbonyl (C=O) groups excluding carboxylic acids is 1. The van der Waals surface area contributed by atoms with Crippen LogP contribution in [-0.4, -0.2) is 84.8 Å². The van der Waals surface area contributed by atoms with Crippen LogP contribution in [0.25, 0.3) is 0 Å². The van der Waals surface area contributed by atoms with Gasteiger partial charge in [-0.05, 0) is 20.8 Å². The van der Waals surface area contributed by atoms with Crippen molar-refractivity contribution in [3.63, 3.8) is 0 Å². The molecule has 2 aliphatic rings. The number of piperazine rings is 1. The second-order valence-corrected chi connectivity index (χ2v) is 8.80. The van der Waals surface area contributed by atoms with E-state index in [4.69, 9.17) is 9.84 Å². The summed E-state index contributed by atoms with van der Waals surface area (Å²) in [4.78, 5) is 15.8. The monoisotopic (exact) mass is 320 g/mol. The molecule has 21 heavy (non-hydrogen) atoms. The fourth-order valence-electron chi connectivity index (χ4n) is 2.98. The lowest BCUT2D eigenvalue weighted by molar-refractivity contribution is -0.0113. The van der Waals surface area contributed by atoms with Crippen LogP contribution in [-0.2, 0) is 14.6 Å². The van der Waals surface area contributed by atoms with Crippen molar-refractivity contribution < 1.29 is 23.1 Å². The highest BCUT2D eigenvalue weighted by Crippen LogP contribution is 2.28. The van der Waals surface area contributed by atoms with Gasteiger partial charge in [-0.15, -0.1) is 0 Å². The lowest BCUT2D eigenvalue weighted by atomic mass is 10.1. The first-order valence-corrected chi connectivity index (χ1v) is 9.00. The highest BCUT2D eigenvalue weighted by atomic mass is 32.2. The summed E-state index contributed by atoms with van der Waals surface area (Å²) in [7, 11) is -3.16. The second-order valence-electron chi connectivity index (χ2n) is 6.64. The van der Waals surface area contributed by atoms with Crippen LogP contribution in [0.15, 0.2) is 0 Å². The van der Waals surface area contributed by atoms with Gasteiger partial charge in [-0.1, -0.05) is 0 Å². The zero-order valence-electron chi connectivity index (χ0n) is 12.8. The largest absolute Gasteiger partial charge is 0.444 e. The summed E-state index contributed by atoms with van der Waals surface area (Å²) in [6.07, 6.45) is -0.460. The molecule has 2 rings (SSSR count). The summed E-state index contributed by atoms with van der Waals surface area (Å²) in [6, 6.07) is -0.631. The molecule has 8 heteroatoms. The number of nitrogens with zero attached hydrogens (tertiary/aromatic N) is 2. The van der Waals surface area contributed by atoms with Crippen LogP contribution in [0, 0.1) is 0 Å². The number of carbonyl (C=O) groups is 1. The number of ether oxygens (including phenoxy) is 1. The Balaban J connectivity index is 2.17. The molecule has 0 bridgehead atoms. The van der Waals surface area contributed by atoms with Gasteiger partial charge in [-0.25, -0.2) is 13.2 Å². The summed E-state index contributed by atoms with van der Waals surface area (Å²) in [5, 5.41) is 9.10. The van der Waals surface area contributed by atoms with Gasteiger partial charge in [0.15, 0.2) is 9.84 Å². The van der Waals surface area contributed by atoms with Gasteiger partial charge in [0, 0.05) is 25.7 Å². The molecule has 0 radical (unpaired) electrons. The van der Waals surface area contributed by atoms with E-state index in [1.165, 1.54) is 4.90 Å². The van der Waals surface area contributed by atoms with Crippen LogP contribution in [0.3, 0.4) is 0 Å². The summed E-state index contributed by atoms with van der Waals surface area (Å²) >= 11 is 0. The number of fused-ring (bicyclic) bond motifs is 1. The highest BCUT2D eigenvalue weighted by molar-refractivity contribution is 7.91. The normalized spacial score (nSPS) is 29.2. The van der Waals surface area contributed by atoms with Gasteiger partial charge < -0.3 is 14.7 Å². The molecule has 7 nitrogen and oxygen atoms in total. The number of sulfone groups is 1. The molecule has 0 unspecified atom stereocenters.